The van der Waals surface area contributed by atoms with Gasteiger partial charge in [0.1, 0.15) is 0 Å². The van der Waals surface area contributed by atoms with E-state index in [1.54, 1.807) is 0 Å². The third-order valence-corrected chi connectivity index (χ3v) is 5.07. The van der Waals surface area contributed by atoms with Crippen molar-refractivity contribution in [2.45, 2.75) is 0 Å². The Morgan fingerprint density at radius 3 is 1.35 bits per heavy atom. The second kappa shape index (κ2) is 6.16. The van der Waals surface area contributed by atoms with Gasteiger partial charge in [0.2, 0.25) is 0 Å². The Kier molecular flexibility index (Phi) is 3.54. The topological polar surface area (TPSA) is 0 Å². The fourth-order valence-corrected chi connectivity index (χ4v) is 3.81. The van der Waals surface area contributed by atoms with Crippen LogP contribution in [-0.2, 0) is 0 Å². The van der Waals surface area contributed by atoms with Crippen molar-refractivity contribution in [3.8, 4) is 0 Å². The summed E-state index contributed by atoms with van der Waals surface area (Å²) in [4.78, 5) is 0. The lowest BCUT2D eigenvalue weighted by Crippen LogP contribution is -1.76. The molecule has 26 heavy (non-hydrogen) atoms. The van der Waals surface area contributed by atoms with Crippen molar-refractivity contribution in [2.24, 2.45) is 0 Å². The molecule has 0 aromatic heterocycles. The van der Waals surface area contributed by atoms with Crippen molar-refractivity contribution in [2.75, 3.05) is 0 Å². The van der Waals surface area contributed by atoms with E-state index in [9.17, 15) is 0 Å². The maximum Gasteiger partial charge on any atom is -0.00389 e. The molecule has 0 amide bonds. The van der Waals surface area contributed by atoms with Crippen molar-refractivity contribution in [1.82, 2.24) is 0 Å². The van der Waals surface area contributed by atoms with Gasteiger partial charge in [-0.3, -0.25) is 0 Å². The van der Waals surface area contributed by atoms with E-state index in [-0.39, 0.29) is 0 Å². The Morgan fingerprint density at radius 1 is 0.346 bits per heavy atom. The van der Waals surface area contributed by atoms with E-state index in [4.69, 9.17) is 0 Å². The average molecular weight is 330 g/mol. The van der Waals surface area contributed by atoms with Crippen LogP contribution >= 0.6 is 0 Å². The number of hydrogen-bond acceptors (Lipinski definition) is 0. The first-order valence-electron chi connectivity index (χ1n) is 8.96. The van der Waals surface area contributed by atoms with Crippen molar-refractivity contribution in [1.29, 1.82) is 0 Å². The predicted octanol–water partition coefficient (Wildman–Crippen LogP) is 7.32. The predicted molar refractivity (Wildman–Crippen MR) is 114 cm³/mol. The van der Waals surface area contributed by atoms with Crippen LogP contribution in [0.5, 0.6) is 0 Å². The quantitative estimate of drug-likeness (QED) is 0.256. The van der Waals surface area contributed by atoms with Gasteiger partial charge >= 0.3 is 0 Å². The molecule has 0 radical (unpaired) electrons. The molecule has 1 aliphatic rings. The third kappa shape index (κ3) is 2.48. The minimum atomic E-state index is 1.31. The van der Waals surface area contributed by atoms with Gasteiger partial charge in [0.15, 0.2) is 0 Å². The molecule has 0 saturated heterocycles. The van der Waals surface area contributed by atoms with Gasteiger partial charge in [-0.25, -0.2) is 0 Å². The van der Waals surface area contributed by atoms with E-state index >= 15 is 0 Å². The van der Waals surface area contributed by atoms with Gasteiger partial charge in [0, 0.05) is 0 Å². The molecule has 0 spiro atoms. The molecule has 0 nitrogen and oxygen atoms in total. The molecule has 0 aliphatic heterocycles. The zero-order valence-electron chi connectivity index (χ0n) is 14.4. The maximum absolute atomic E-state index is 2.18. The fraction of sp³-hybridized carbons (Fsp3) is 0. The summed E-state index contributed by atoms with van der Waals surface area (Å²) in [6, 6.07) is 34.2. The van der Waals surface area contributed by atoms with Gasteiger partial charge in [-0.05, 0) is 43.4 Å². The van der Waals surface area contributed by atoms with Crippen LogP contribution < -0.4 is 0 Å². The molecule has 5 aromatic rings. The molecule has 0 atom stereocenters. The normalized spacial score (nSPS) is 11.7. The highest BCUT2D eigenvalue weighted by atomic mass is 14.1. The van der Waals surface area contributed by atoms with Crippen LogP contribution in [-0.4, -0.2) is 0 Å². The minimum absolute atomic E-state index is 1.31. The van der Waals surface area contributed by atoms with Crippen LogP contribution in [0.25, 0.3) is 44.5 Å². The summed E-state index contributed by atoms with van der Waals surface area (Å²) in [5.41, 5.74) is 2.70. The standard InChI is InChI=1S/C14H10.C12H8/c1-3-7-13-11(5-1)9-10-12-6-2-4-8-14(12)13;1-3-9-4-2-6-11-8-7-10(5-1)12(9)11/h1-10H;1-8H. The summed E-state index contributed by atoms with van der Waals surface area (Å²) in [5.74, 6) is 0. The first-order chi connectivity index (χ1) is 12.9. The summed E-state index contributed by atoms with van der Waals surface area (Å²) in [6.07, 6.45) is 4.36. The van der Waals surface area contributed by atoms with Crippen LogP contribution in [0.2, 0.25) is 0 Å². The highest BCUT2D eigenvalue weighted by Crippen LogP contribution is 2.30. The Labute approximate surface area is 153 Å². The third-order valence-electron chi connectivity index (χ3n) is 5.07. The molecular formula is C26H18. The van der Waals surface area contributed by atoms with Gasteiger partial charge < -0.3 is 0 Å². The summed E-state index contributed by atoms with van der Waals surface area (Å²) < 4.78 is 0. The van der Waals surface area contributed by atoms with Crippen molar-refractivity contribution in [3.05, 3.63) is 108 Å². The molecule has 0 unspecified atom stereocenters. The van der Waals surface area contributed by atoms with E-state index in [1.807, 2.05) is 0 Å². The van der Waals surface area contributed by atoms with E-state index in [2.05, 4.69) is 109 Å². The molecule has 0 heteroatoms. The second-order valence-corrected chi connectivity index (χ2v) is 6.63. The lowest BCUT2D eigenvalue weighted by molar-refractivity contribution is 1.72. The summed E-state index contributed by atoms with van der Waals surface area (Å²) in [7, 11) is 0. The van der Waals surface area contributed by atoms with Gasteiger partial charge in [0.25, 0.3) is 0 Å². The van der Waals surface area contributed by atoms with Gasteiger partial charge in [-0.2, -0.15) is 0 Å². The molecule has 1 aliphatic carbocycles. The van der Waals surface area contributed by atoms with Crippen molar-refractivity contribution < 1.29 is 0 Å². The van der Waals surface area contributed by atoms with E-state index in [0.717, 1.165) is 0 Å². The Bertz CT molecular complexity index is 1180. The summed E-state index contributed by atoms with van der Waals surface area (Å²) >= 11 is 0. The smallest absolute Gasteiger partial charge is 0.00389 e. The van der Waals surface area contributed by atoms with E-state index < -0.39 is 0 Å². The van der Waals surface area contributed by atoms with Gasteiger partial charge in [0.05, 0.1) is 0 Å². The van der Waals surface area contributed by atoms with E-state index in [1.165, 1.54) is 43.4 Å². The van der Waals surface area contributed by atoms with E-state index in [0.29, 0.717) is 0 Å². The number of hydrogen-bond donors (Lipinski definition) is 0. The highest BCUT2D eigenvalue weighted by Gasteiger charge is 2.06. The monoisotopic (exact) mass is 330 g/mol. The van der Waals surface area contributed by atoms with Gasteiger partial charge in [-0.15, -0.1) is 0 Å². The Morgan fingerprint density at radius 2 is 0.808 bits per heavy atom. The SMILES string of the molecule is C1=Cc2cccc3cccc1c23.c1ccc2c(c1)ccc1ccccc12. The lowest BCUT2D eigenvalue weighted by Gasteiger charge is -2.02. The molecule has 0 fully saturated rings. The zero-order chi connectivity index (χ0) is 17.3. The average Bonchev–Trinajstić information content (AvgIpc) is 3.14. The second-order valence-electron chi connectivity index (χ2n) is 6.63. The Hall–Kier alpha value is -3.38. The van der Waals surface area contributed by atoms with Crippen LogP contribution in [0.1, 0.15) is 11.1 Å². The number of fused-ring (bicyclic) bond motifs is 3. The molecule has 0 bridgehead atoms. The van der Waals surface area contributed by atoms with Crippen LogP contribution in [0.4, 0.5) is 0 Å². The first-order valence-corrected chi connectivity index (χ1v) is 8.96. The van der Waals surface area contributed by atoms with Crippen LogP contribution in [0.15, 0.2) is 97.1 Å². The molecule has 0 heterocycles. The molecule has 0 N–H and O–H groups in total. The lowest BCUT2D eigenvalue weighted by atomic mass is 10.0. The van der Waals surface area contributed by atoms with Crippen molar-refractivity contribution in [3.63, 3.8) is 0 Å². The van der Waals surface area contributed by atoms with Gasteiger partial charge in [-0.1, -0.05) is 109 Å². The molecule has 0 saturated carbocycles. The summed E-state index contributed by atoms with van der Waals surface area (Å²) in [5, 5.41) is 8.05. The molecule has 122 valence electrons. The van der Waals surface area contributed by atoms with Crippen molar-refractivity contribution >= 4 is 44.5 Å². The number of rotatable bonds is 0. The maximum atomic E-state index is 2.18. The summed E-state index contributed by atoms with van der Waals surface area (Å²) in [6.45, 7) is 0. The fourth-order valence-electron chi connectivity index (χ4n) is 3.81. The highest BCUT2D eigenvalue weighted by molar-refractivity contribution is 6.07. The zero-order valence-corrected chi connectivity index (χ0v) is 14.4. The van der Waals surface area contributed by atoms with Crippen LogP contribution in [0.3, 0.4) is 0 Å². The number of benzene rings is 5. The molecule has 5 aromatic carbocycles. The largest absolute Gasteiger partial charge is 0.0616 e. The minimum Gasteiger partial charge on any atom is -0.0616 e. The first kappa shape index (κ1) is 14.9. The molecular weight excluding hydrogens is 312 g/mol. The van der Waals surface area contributed by atoms with Crippen LogP contribution in [0, 0.1) is 0 Å². The molecule has 6 rings (SSSR count). The Balaban J connectivity index is 0.000000117.